The quantitative estimate of drug-likeness (QED) is 0.752. The number of aliphatic hydroxyl groups is 1. The lowest BCUT2D eigenvalue weighted by Crippen LogP contribution is -2.43. The van der Waals surface area contributed by atoms with Crippen LogP contribution in [-0.2, 0) is 0 Å². The standard InChI is InChI=1S/C16H31NO/c1-14-6-5-7-15(9-8-14)17-12-16(13-18)10-3-2-4-11-16/h14-15,17-18H,2-13H2,1H3. The predicted octanol–water partition coefficient (Wildman–Crippen LogP) is 3.49. The highest BCUT2D eigenvalue weighted by Crippen LogP contribution is 2.35. The molecule has 0 aromatic carbocycles. The molecule has 18 heavy (non-hydrogen) atoms. The molecule has 0 aliphatic heterocycles. The summed E-state index contributed by atoms with van der Waals surface area (Å²) in [5, 5.41) is 13.5. The molecule has 2 aliphatic carbocycles. The van der Waals surface area contributed by atoms with Crippen molar-refractivity contribution in [1.29, 1.82) is 0 Å². The smallest absolute Gasteiger partial charge is 0.0499 e. The monoisotopic (exact) mass is 253 g/mol. The molecule has 2 fully saturated rings. The molecule has 0 amide bonds. The summed E-state index contributed by atoms with van der Waals surface area (Å²) in [6.07, 6.45) is 13.3. The third-order valence-corrected chi connectivity index (χ3v) is 5.27. The van der Waals surface area contributed by atoms with Crippen molar-refractivity contribution in [3.8, 4) is 0 Å². The zero-order valence-electron chi connectivity index (χ0n) is 12.1. The normalized spacial score (nSPS) is 33.0. The second kappa shape index (κ2) is 6.91. The van der Waals surface area contributed by atoms with Crippen LogP contribution in [0.15, 0.2) is 0 Å². The first-order valence-electron chi connectivity index (χ1n) is 8.08. The highest BCUT2D eigenvalue weighted by molar-refractivity contribution is 4.86. The average molecular weight is 253 g/mol. The van der Waals surface area contributed by atoms with E-state index >= 15 is 0 Å². The van der Waals surface area contributed by atoms with Gasteiger partial charge in [-0.25, -0.2) is 0 Å². The van der Waals surface area contributed by atoms with E-state index in [0.29, 0.717) is 12.6 Å². The molecule has 0 saturated heterocycles. The van der Waals surface area contributed by atoms with Crippen molar-refractivity contribution in [3.63, 3.8) is 0 Å². The summed E-state index contributed by atoms with van der Waals surface area (Å²) >= 11 is 0. The van der Waals surface area contributed by atoms with Crippen LogP contribution in [0.5, 0.6) is 0 Å². The molecule has 106 valence electrons. The van der Waals surface area contributed by atoms with Gasteiger partial charge in [-0.3, -0.25) is 0 Å². The topological polar surface area (TPSA) is 32.3 Å². The Labute approximate surface area is 113 Å². The highest BCUT2D eigenvalue weighted by Gasteiger charge is 2.31. The Morgan fingerprint density at radius 1 is 1.00 bits per heavy atom. The number of aliphatic hydroxyl groups excluding tert-OH is 1. The molecule has 0 heterocycles. The summed E-state index contributed by atoms with van der Waals surface area (Å²) in [5.74, 6) is 0.915. The summed E-state index contributed by atoms with van der Waals surface area (Å²) < 4.78 is 0. The van der Waals surface area contributed by atoms with Crippen LogP contribution in [0.25, 0.3) is 0 Å². The Bertz CT molecular complexity index is 235. The van der Waals surface area contributed by atoms with Gasteiger partial charge in [0, 0.05) is 24.6 Å². The van der Waals surface area contributed by atoms with E-state index in [9.17, 15) is 5.11 Å². The number of hydrogen-bond donors (Lipinski definition) is 2. The van der Waals surface area contributed by atoms with Gasteiger partial charge in [-0.2, -0.15) is 0 Å². The van der Waals surface area contributed by atoms with Crippen LogP contribution in [0.2, 0.25) is 0 Å². The first kappa shape index (κ1) is 14.3. The predicted molar refractivity (Wildman–Crippen MR) is 76.6 cm³/mol. The molecule has 0 aromatic rings. The van der Waals surface area contributed by atoms with Gasteiger partial charge >= 0.3 is 0 Å². The third kappa shape index (κ3) is 3.96. The van der Waals surface area contributed by atoms with Gasteiger partial charge in [-0.15, -0.1) is 0 Å². The minimum atomic E-state index is 0.205. The maximum absolute atomic E-state index is 9.73. The van der Waals surface area contributed by atoms with E-state index in [0.717, 1.165) is 12.5 Å². The molecule has 2 unspecified atom stereocenters. The van der Waals surface area contributed by atoms with Crippen LogP contribution in [0, 0.1) is 11.3 Å². The minimum absolute atomic E-state index is 0.205. The van der Waals surface area contributed by atoms with Crippen molar-refractivity contribution in [2.75, 3.05) is 13.2 Å². The van der Waals surface area contributed by atoms with Crippen LogP contribution in [0.4, 0.5) is 0 Å². The summed E-state index contributed by atoms with van der Waals surface area (Å²) in [4.78, 5) is 0. The van der Waals surface area contributed by atoms with Crippen molar-refractivity contribution in [2.24, 2.45) is 11.3 Å². The third-order valence-electron chi connectivity index (χ3n) is 5.27. The van der Waals surface area contributed by atoms with Gasteiger partial charge in [0.25, 0.3) is 0 Å². The lowest BCUT2D eigenvalue weighted by Gasteiger charge is -2.37. The lowest BCUT2D eigenvalue weighted by atomic mass is 9.74. The highest BCUT2D eigenvalue weighted by atomic mass is 16.3. The maximum Gasteiger partial charge on any atom is 0.0499 e. The molecule has 2 saturated carbocycles. The van der Waals surface area contributed by atoms with Gasteiger partial charge in [0.1, 0.15) is 0 Å². The van der Waals surface area contributed by atoms with Crippen LogP contribution in [-0.4, -0.2) is 24.3 Å². The largest absolute Gasteiger partial charge is 0.396 e. The van der Waals surface area contributed by atoms with E-state index < -0.39 is 0 Å². The summed E-state index contributed by atoms with van der Waals surface area (Å²) in [6.45, 7) is 3.81. The van der Waals surface area contributed by atoms with Crippen molar-refractivity contribution >= 4 is 0 Å². The van der Waals surface area contributed by atoms with Gasteiger partial charge in [0.15, 0.2) is 0 Å². The number of rotatable bonds is 4. The average Bonchev–Trinajstić information content (AvgIpc) is 2.62. The molecule has 2 N–H and O–H groups in total. The van der Waals surface area contributed by atoms with E-state index in [1.807, 2.05) is 0 Å². The maximum atomic E-state index is 9.73. The zero-order chi connectivity index (χ0) is 12.8. The van der Waals surface area contributed by atoms with E-state index in [4.69, 9.17) is 0 Å². The van der Waals surface area contributed by atoms with Crippen LogP contribution in [0.3, 0.4) is 0 Å². The van der Waals surface area contributed by atoms with E-state index in [1.54, 1.807) is 0 Å². The fourth-order valence-electron chi connectivity index (χ4n) is 3.74. The zero-order valence-corrected chi connectivity index (χ0v) is 12.1. The van der Waals surface area contributed by atoms with Gasteiger partial charge in [0.2, 0.25) is 0 Å². The second-order valence-electron chi connectivity index (χ2n) is 6.91. The SMILES string of the molecule is CC1CCCC(NCC2(CO)CCCCC2)CC1. The Kier molecular flexibility index (Phi) is 5.50. The van der Waals surface area contributed by atoms with E-state index in [-0.39, 0.29) is 5.41 Å². The van der Waals surface area contributed by atoms with Crippen molar-refractivity contribution in [2.45, 2.75) is 77.2 Å². The van der Waals surface area contributed by atoms with E-state index in [2.05, 4.69) is 12.2 Å². The van der Waals surface area contributed by atoms with Gasteiger partial charge < -0.3 is 10.4 Å². The van der Waals surface area contributed by atoms with Gasteiger partial charge in [0.05, 0.1) is 0 Å². The molecule has 2 atom stereocenters. The van der Waals surface area contributed by atoms with Crippen LogP contribution < -0.4 is 5.32 Å². The molecule has 0 bridgehead atoms. The minimum Gasteiger partial charge on any atom is -0.396 e. The fourth-order valence-corrected chi connectivity index (χ4v) is 3.74. The first-order valence-corrected chi connectivity index (χ1v) is 8.08. The molecule has 0 spiro atoms. The Balaban J connectivity index is 1.78. The van der Waals surface area contributed by atoms with Gasteiger partial charge in [-0.05, 0) is 38.0 Å². The molecule has 0 aromatic heterocycles. The molecule has 2 aliphatic rings. The van der Waals surface area contributed by atoms with Gasteiger partial charge in [-0.1, -0.05) is 39.0 Å². The van der Waals surface area contributed by atoms with E-state index in [1.165, 1.54) is 64.2 Å². The molecular formula is C16H31NO. The summed E-state index contributed by atoms with van der Waals surface area (Å²) in [5.41, 5.74) is 0.205. The molecule has 2 rings (SSSR count). The lowest BCUT2D eigenvalue weighted by molar-refractivity contribution is 0.0776. The Hall–Kier alpha value is -0.0800. The molecule has 2 heteroatoms. The summed E-state index contributed by atoms with van der Waals surface area (Å²) in [6, 6.07) is 0.709. The fraction of sp³-hybridized carbons (Fsp3) is 1.00. The van der Waals surface area contributed by atoms with Crippen molar-refractivity contribution < 1.29 is 5.11 Å². The number of hydrogen-bond acceptors (Lipinski definition) is 2. The van der Waals surface area contributed by atoms with Crippen LogP contribution in [0.1, 0.15) is 71.1 Å². The number of nitrogens with one attached hydrogen (secondary N) is 1. The van der Waals surface area contributed by atoms with Crippen molar-refractivity contribution in [3.05, 3.63) is 0 Å². The molecular weight excluding hydrogens is 222 g/mol. The molecule has 0 radical (unpaired) electrons. The Morgan fingerprint density at radius 3 is 2.50 bits per heavy atom. The molecule has 2 nitrogen and oxygen atoms in total. The Morgan fingerprint density at radius 2 is 1.78 bits per heavy atom. The van der Waals surface area contributed by atoms with Crippen molar-refractivity contribution in [1.82, 2.24) is 5.32 Å². The summed E-state index contributed by atoms with van der Waals surface area (Å²) in [7, 11) is 0. The van der Waals surface area contributed by atoms with Crippen LogP contribution >= 0.6 is 0 Å². The second-order valence-corrected chi connectivity index (χ2v) is 6.91. The first-order chi connectivity index (χ1) is 8.74.